The van der Waals surface area contributed by atoms with Gasteiger partial charge in [-0.25, -0.2) is 14.8 Å². The van der Waals surface area contributed by atoms with Crippen molar-refractivity contribution < 1.29 is 28.6 Å². The monoisotopic (exact) mass is 549 g/mol. The summed E-state index contributed by atoms with van der Waals surface area (Å²) >= 11 is 0. The fourth-order valence-corrected chi connectivity index (χ4v) is 5.15. The van der Waals surface area contributed by atoms with E-state index in [4.69, 9.17) is 14.2 Å². The molecule has 2 aromatic rings. The molecule has 2 N–H and O–H groups in total. The van der Waals surface area contributed by atoms with Crippen LogP contribution in [-0.4, -0.2) is 91.9 Å². The molecule has 2 saturated heterocycles. The van der Waals surface area contributed by atoms with Gasteiger partial charge in [0.1, 0.15) is 30.0 Å². The van der Waals surface area contributed by atoms with Gasteiger partial charge in [0, 0.05) is 51.2 Å². The smallest absolute Gasteiger partial charge is 0.328 e. The fraction of sp³-hybridized carbons (Fsp3) is 0.481. The van der Waals surface area contributed by atoms with E-state index in [-0.39, 0.29) is 42.7 Å². The molecule has 3 aliphatic rings. The number of nitriles is 1. The Kier molecular flexibility index (Phi) is 8.49. The first-order valence-electron chi connectivity index (χ1n) is 13.2. The first-order chi connectivity index (χ1) is 19.5. The van der Waals surface area contributed by atoms with E-state index in [2.05, 4.69) is 26.7 Å². The van der Waals surface area contributed by atoms with E-state index in [0.29, 0.717) is 74.7 Å². The zero-order valence-electron chi connectivity index (χ0n) is 22.2. The van der Waals surface area contributed by atoms with Crippen molar-refractivity contribution in [3.05, 3.63) is 40.7 Å². The summed E-state index contributed by atoms with van der Waals surface area (Å²) in [5.41, 5.74) is 2.47. The molecular weight excluding hydrogens is 518 g/mol. The molecule has 0 spiro atoms. The summed E-state index contributed by atoms with van der Waals surface area (Å²) in [7, 11) is 1.64. The second kappa shape index (κ2) is 12.4. The van der Waals surface area contributed by atoms with Crippen LogP contribution in [0.15, 0.2) is 18.3 Å². The van der Waals surface area contributed by atoms with Crippen LogP contribution in [0.25, 0.3) is 0 Å². The highest BCUT2D eigenvalue weighted by Crippen LogP contribution is 2.29. The molecule has 5 rings (SSSR count). The standard InChI is InChI=1S/C27H31N7O6/c1-38-23-4-7-39-15-22(23)30-20-10-24(29-12-19(20)11-28)32-27(37)34-5-2-3-17-9-18(21(14-35)31-26(17)34)13-33-6-8-40-16-25(33)36/h9-10,12,14,22-23H,2-8,13,15-16H2,1H3,(H2,29,30,32,37)/t22?,23-/m0/s1. The number of urea groups is 1. The van der Waals surface area contributed by atoms with Crippen molar-refractivity contribution in [2.75, 3.05) is 62.2 Å². The van der Waals surface area contributed by atoms with Crippen LogP contribution in [0.1, 0.15) is 40.0 Å². The molecule has 210 valence electrons. The van der Waals surface area contributed by atoms with Crippen LogP contribution in [0.4, 0.5) is 22.1 Å². The molecular formula is C27H31N7O6. The molecule has 3 amide bonds. The molecule has 0 aromatic carbocycles. The van der Waals surface area contributed by atoms with Gasteiger partial charge in [0.15, 0.2) is 6.29 Å². The van der Waals surface area contributed by atoms with Gasteiger partial charge in [-0.2, -0.15) is 5.26 Å². The number of nitrogens with zero attached hydrogens (tertiary/aromatic N) is 5. The number of carbonyl (C=O) groups is 3. The summed E-state index contributed by atoms with van der Waals surface area (Å²) < 4.78 is 16.3. The summed E-state index contributed by atoms with van der Waals surface area (Å²) in [6, 6.07) is 4.96. The highest BCUT2D eigenvalue weighted by Gasteiger charge is 2.29. The number of anilines is 3. The molecule has 0 bridgehead atoms. The van der Waals surface area contributed by atoms with E-state index >= 15 is 0 Å². The lowest BCUT2D eigenvalue weighted by Gasteiger charge is -2.32. The molecule has 5 heterocycles. The summed E-state index contributed by atoms with van der Waals surface area (Å²) in [6.07, 6.45) is 4.07. The van der Waals surface area contributed by atoms with Crippen LogP contribution >= 0.6 is 0 Å². The Hall–Kier alpha value is -4.12. The molecule has 13 heteroatoms. The summed E-state index contributed by atoms with van der Waals surface area (Å²) in [5.74, 6) is 0.513. The van der Waals surface area contributed by atoms with Crippen molar-refractivity contribution >= 4 is 35.5 Å². The highest BCUT2D eigenvalue weighted by atomic mass is 16.5. The van der Waals surface area contributed by atoms with Crippen LogP contribution in [0.3, 0.4) is 0 Å². The topological polar surface area (TPSA) is 159 Å². The van der Waals surface area contributed by atoms with Crippen LogP contribution in [0.5, 0.6) is 0 Å². The number of aldehydes is 1. The predicted molar refractivity (Wildman–Crippen MR) is 143 cm³/mol. The van der Waals surface area contributed by atoms with Crippen molar-refractivity contribution in [2.24, 2.45) is 0 Å². The minimum absolute atomic E-state index is 0.0186. The zero-order chi connectivity index (χ0) is 28.1. The number of aryl methyl sites for hydroxylation is 1. The minimum Gasteiger partial charge on any atom is -0.379 e. The molecule has 1 unspecified atom stereocenters. The van der Waals surface area contributed by atoms with Crippen LogP contribution in [-0.2, 0) is 32.0 Å². The SMILES string of the molecule is CO[C@H]1CCOCC1Nc1cc(NC(=O)N2CCCc3cc(CN4CCOCC4=O)c(C=O)nc32)ncc1C#N. The van der Waals surface area contributed by atoms with Gasteiger partial charge >= 0.3 is 6.03 Å². The molecule has 40 heavy (non-hydrogen) atoms. The van der Waals surface area contributed by atoms with Crippen molar-refractivity contribution in [1.29, 1.82) is 5.26 Å². The maximum absolute atomic E-state index is 13.4. The van der Waals surface area contributed by atoms with Crippen molar-refractivity contribution in [1.82, 2.24) is 14.9 Å². The maximum atomic E-state index is 13.4. The third-order valence-electron chi connectivity index (χ3n) is 7.27. The van der Waals surface area contributed by atoms with Crippen molar-refractivity contribution in [3.8, 4) is 6.07 Å². The number of fused-ring (bicyclic) bond motifs is 1. The van der Waals surface area contributed by atoms with E-state index in [9.17, 15) is 19.6 Å². The average Bonchev–Trinajstić information content (AvgIpc) is 2.98. The minimum atomic E-state index is -0.458. The number of rotatable bonds is 7. The number of nitrogens with one attached hydrogen (secondary N) is 2. The lowest BCUT2D eigenvalue weighted by Crippen LogP contribution is -2.43. The Labute approximate surface area is 231 Å². The molecule has 13 nitrogen and oxygen atoms in total. The number of methoxy groups -OCH3 is 1. The molecule has 0 radical (unpaired) electrons. The average molecular weight is 550 g/mol. The van der Waals surface area contributed by atoms with Crippen LogP contribution in [0.2, 0.25) is 0 Å². The highest BCUT2D eigenvalue weighted by molar-refractivity contribution is 6.02. The fourth-order valence-electron chi connectivity index (χ4n) is 5.15. The van der Waals surface area contributed by atoms with E-state index in [1.165, 1.54) is 11.1 Å². The quantitative estimate of drug-likeness (QED) is 0.487. The molecule has 2 fully saturated rings. The number of ether oxygens (including phenoxy) is 3. The van der Waals surface area contributed by atoms with Gasteiger partial charge in [0.2, 0.25) is 5.91 Å². The first kappa shape index (κ1) is 27.4. The molecule has 2 atom stereocenters. The van der Waals surface area contributed by atoms with Crippen LogP contribution in [0, 0.1) is 11.3 Å². The lowest BCUT2D eigenvalue weighted by molar-refractivity contribution is -0.143. The Bertz CT molecular complexity index is 1330. The van der Waals surface area contributed by atoms with Crippen molar-refractivity contribution in [3.63, 3.8) is 0 Å². The first-order valence-corrected chi connectivity index (χ1v) is 13.2. The predicted octanol–water partition coefficient (Wildman–Crippen LogP) is 1.72. The van der Waals surface area contributed by atoms with E-state index in [1.54, 1.807) is 18.1 Å². The maximum Gasteiger partial charge on any atom is 0.328 e. The number of hydrogen-bond acceptors (Lipinski definition) is 10. The summed E-state index contributed by atoms with van der Waals surface area (Å²) in [5, 5.41) is 15.7. The number of hydrogen-bond donors (Lipinski definition) is 2. The third-order valence-corrected chi connectivity index (χ3v) is 7.27. The Morgan fingerprint density at radius 3 is 2.95 bits per heavy atom. The Morgan fingerprint density at radius 2 is 2.17 bits per heavy atom. The van der Waals surface area contributed by atoms with Gasteiger partial charge in [-0.1, -0.05) is 0 Å². The number of morpholine rings is 1. The second-order valence-corrected chi connectivity index (χ2v) is 9.80. The van der Waals surface area contributed by atoms with Crippen LogP contribution < -0.4 is 15.5 Å². The Morgan fingerprint density at radius 1 is 1.30 bits per heavy atom. The van der Waals surface area contributed by atoms with Gasteiger partial charge in [-0.15, -0.1) is 0 Å². The number of amides is 3. The number of pyridine rings is 2. The summed E-state index contributed by atoms with van der Waals surface area (Å²) in [6.45, 7) is 2.58. The number of carbonyl (C=O) groups excluding carboxylic acids is 3. The normalized spacial score (nSPS) is 20.9. The van der Waals surface area contributed by atoms with Gasteiger partial charge in [0.05, 0.1) is 36.6 Å². The lowest BCUT2D eigenvalue weighted by atomic mass is 10.0. The van der Waals surface area contributed by atoms with E-state index < -0.39 is 6.03 Å². The van der Waals surface area contributed by atoms with E-state index in [1.807, 2.05) is 6.07 Å². The van der Waals surface area contributed by atoms with E-state index in [0.717, 1.165) is 12.0 Å². The zero-order valence-corrected chi connectivity index (χ0v) is 22.2. The van der Waals surface area contributed by atoms with Gasteiger partial charge in [0.25, 0.3) is 0 Å². The number of aromatic nitrogens is 2. The Balaban J connectivity index is 1.34. The summed E-state index contributed by atoms with van der Waals surface area (Å²) in [4.78, 5) is 49.4. The molecule has 3 aliphatic heterocycles. The molecule has 0 saturated carbocycles. The van der Waals surface area contributed by atoms with Gasteiger partial charge in [-0.05, 0) is 30.9 Å². The molecule has 2 aromatic heterocycles. The largest absolute Gasteiger partial charge is 0.379 e. The third kappa shape index (κ3) is 5.89. The molecule has 0 aliphatic carbocycles. The van der Waals surface area contributed by atoms with Gasteiger partial charge < -0.3 is 24.4 Å². The van der Waals surface area contributed by atoms with Gasteiger partial charge in [-0.3, -0.25) is 19.8 Å². The van der Waals surface area contributed by atoms with Crippen molar-refractivity contribution in [2.45, 2.75) is 38.0 Å². The second-order valence-electron chi connectivity index (χ2n) is 9.80.